The van der Waals surface area contributed by atoms with Crippen LogP contribution < -0.4 is 0 Å². The van der Waals surface area contributed by atoms with Gasteiger partial charge in [0.2, 0.25) is 0 Å². The van der Waals surface area contributed by atoms with Gasteiger partial charge in [-0.2, -0.15) is 5.26 Å². The molecule has 1 heterocycles. The number of halogens is 1. The number of hydrogen-bond donors (Lipinski definition) is 0. The zero-order valence-corrected chi connectivity index (χ0v) is 12.5. The van der Waals surface area contributed by atoms with Crippen LogP contribution in [0.2, 0.25) is 5.02 Å². The summed E-state index contributed by atoms with van der Waals surface area (Å²) in [6.45, 7) is 0. The molecule has 0 aliphatic carbocycles. The molecule has 0 aliphatic heterocycles. The average Bonchev–Trinajstić information content (AvgIpc) is 2.93. The lowest BCUT2D eigenvalue weighted by molar-refractivity contribution is 0.0601. The summed E-state index contributed by atoms with van der Waals surface area (Å²) in [5.41, 5.74) is 2.57. The van der Waals surface area contributed by atoms with Crippen molar-refractivity contribution in [3.05, 3.63) is 64.8 Å². The van der Waals surface area contributed by atoms with E-state index in [1.54, 1.807) is 24.4 Å². The second-order valence-corrected chi connectivity index (χ2v) is 5.10. The SMILES string of the molecule is COC(=O)c1ccc(-n2cc(C#N)c3ccccc32)cc1Cl. The molecule has 0 saturated carbocycles. The second kappa shape index (κ2) is 5.55. The maximum absolute atomic E-state index is 11.6. The van der Waals surface area contributed by atoms with Gasteiger partial charge in [-0.1, -0.05) is 29.8 Å². The summed E-state index contributed by atoms with van der Waals surface area (Å²) >= 11 is 6.17. The number of hydrogen-bond acceptors (Lipinski definition) is 3. The first kappa shape index (κ1) is 14.2. The Labute approximate surface area is 132 Å². The molecule has 0 spiro atoms. The number of nitrogens with zero attached hydrogens (tertiary/aromatic N) is 2. The second-order valence-electron chi connectivity index (χ2n) is 4.70. The van der Waals surface area contributed by atoms with Crippen LogP contribution in [0.15, 0.2) is 48.7 Å². The van der Waals surface area contributed by atoms with Crippen molar-refractivity contribution < 1.29 is 9.53 Å². The van der Waals surface area contributed by atoms with Crippen LogP contribution in [0, 0.1) is 11.3 Å². The molecule has 0 atom stereocenters. The number of methoxy groups -OCH3 is 1. The Bertz CT molecular complexity index is 922. The van der Waals surface area contributed by atoms with Gasteiger partial charge in [-0.05, 0) is 24.3 Å². The fourth-order valence-corrected chi connectivity index (χ4v) is 2.66. The van der Waals surface area contributed by atoms with Crippen molar-refractivity contribution in [2.24, 2.45) is 0 Å². The van der Waals surface area contributed by atoms with Crippen molar-refractivity contribution in [2.75, 3.05) is 7.11 Å². The molecule has 5 heteroatoms. The van der Waals surface area contributed by atoms with Crippen molar-refractivity contribution in [2.45, 2.75) is 0 Å². The molecule has 0 aliphatic rings. The molecule has 0 N–H and O–H groups in total. The van der Waals surface area contributed by atoms with Crippen LogP contribution in [0.4, 0.5) is 0 Å². The van der Waals surface area contributed by atoms with Gasteiger partial charge in [0.25, 0.3) is 0 Å². The lowest BCUT2D eigenvalue weighted by Crippen LogP contribution is -2.03. The highest BCUT2D eigenvalue weighted by Crippen LogP contribution is 2.27. The number of esters is 1. The molecule has 0 fully saturated rings. The van der Waals surface area contributed by atoms with Crippen LogP contribution >= 0.6 is 11.6 Å². The van der Waals surface area contributed by atoms with Crippen molar-refractivity contribution in [3.8, 4) is 11.8 Å². The quantitative estimate of drug-likeness (QED) is 0.674. The van der Waals surface area contributed by atoms with E-state index in [4.69, 9.17) is 11.6 Å². The molecular formula is C17H11ClN2O2. The highest BCUT2D eigenvalue weighted by atomic mass is 35.5. The summed E-state index contributed by atoms with van der Waals surface area (Å²) < 4.78 is 6.56. The number of aromatic nitrogens is 1. The summed E-state index contributed by atoms with van der Waals surface area (Å²) in [4.78, 5) is 11.6. The molecule has 1 aromatic heterocycles. The van der Waals surface area contributed by atoms with Crippen LogP contribution in [0.25, 0.3) is 16.6 Å². The van der Waals surface area contributed by atoms with Crippen molar-refractivity contribution in [1.29, 1.82) is 5.26 Å². The average molecular weight is 311 g/mol. The third kappa shape index (κ3) is 2.22. The lowest BCUT2D eigenvalue weighted by atomic mass is 10.2. The molecular weight excluding hydrogens is 300 g/mol. The molecule has 3 aromatic rings. The van der Waals surface area contributed by atoms with Crippen LogP contribution in [0.5, 0.6) is 0 Å². The molecule has 0 saturated heterocycles. The summed E-state index contributed by atoms with van der Waals surface area (Å²) in [7, 11) is 1.31. The smallest absolute Gasteiger partial charge is 0.339 e. The Hall–Kier alpha value is -2.77. The highest BCUT2D eigenvalue weighted by Gasteiger charge is 2.13. The first-order valence-electron chi connectivity index (χ1n) is 6.54. The van der Waals surface area contributed by atoms with Crippen LogP contribution in [-0.4, -0.2) is 17.6 Å². The third-order valence-corrected chi connectivity index (χ3v) is 3.78. The first-order chi connectivity index (χ1) is 10.7. The molecule has 0 bridgehead atoms. The van der Waals surface area contributed by atoms with Crippen molar-refractivity contribution >= 4 is 28.5 Å². The number of nitriles is 1. The number of rotatable bonds is 2. The minimum Gasteiger partial charge on any atom is -0.465 e. The standard InChI is InChI=1S/C17H11ClN2O2/c1-22-17(21)14-7-6-12(8-15(14)18)20-10-11(9-19)13-4-2-3-5-16(13)20/h2-8,10H,1H3. The highest BCUT2D eigenvalue weighted by molar-refractivity contribution is 6.33. The maximum Gasteiger partial charge on any atom is 0.339 e. The van der Waals surface area contributed by atoms with Gasteiger partial charge in [0.1, 0.15) is 6.07 Å². The normalized spacial score (nSPS) is 10.4. The van der Waals surface area contributed by atoms with E-state index < -0.39 is 5.97 Å². The zero-order chi connectivity index (χ0) is 15.7. The van der Waals surface area contributed by atoms with Gasteiger partial charge < -0.3 is 9.30 Å². The lowest BCUT2D eigenvalue weighted by Gasteiger charge is -2.08. The van der Waals surface area contributed by atoms with Gasteiger partial charge in [0, 0.05) is 17.3 Å². The number of para-hydroxylation sites is 1. The van der Waals surface area contributed by atoms with Gasteiger partial charge in [0.05, 0.1) is 28.8 Å². The predicted molar refractivity (Wildman–Crippen MR) is 84.3 cm³/mol. The van der Waals surface area contributed by atoms with E-state index >= 15 is 0 Å². The van der Waals surface area contributed by atoms with E-state index in [1.807, 2.05) is 28.8 Å². The molecule has 3 rings (SSSR count). The minimum absolute atomic E-state index is 0.306. The molecule has 108 valence electrons. The summed E-state index contributed by atoms with van der Waals surface area (Å²) in [6, 6.07) is 14.9. The summed E-state index contributed by atoms with van der Waals surface area (Å²) in [5, 5.41) is 10.4. The van der Waals surface area contributed by atoms with Gasteiger partial charge >= 0.3 is 5.97 Å². The first-order valence-corrected chi connectivity index (χ1v) is 6.92. The van der Waals surface area contributed by atoms with Crippen LogP contribution in [0.3, 0.4) is 0 Å². The third-order valence-electron chi connectivity index (χ3n) is 3.47. The Morgan fingerprint density at radius 1 is 1.27 bits per heavy atom. The number of carbonyl (C=O) groups excluding carboxylic acids is 1. The van der Waals surface area contributed by atoms with Crippen molar-refractivity contribution in [3.63, 3.8) is 0 Å². The maximum atomic E-state index is 11.6. The molecule has 0 unspecified atom stereocenters. The topological polar surface area (TPSA) is 55.0 Å². The Kier molecular flexibility index (Phi) is 3.58. The number of fused-ring (bicyclic) bond motifs is 1. The number of benzene rings is 2. The molecule has 22 heavy (non-hydrogen) atoms. The zero-order valence-electron chi connectivity index (χ0n) is 11.7. The largest absolute Gasteiger partial charge is 0.465 e. The van der Waals surface area contributed by atoms with E-state index in [9.17, 15) is 10.1 Å². The van der Waals surface area contributed by atoms with Gasteiger partial charge in [-0.3, -0.25) is 0 Å². The summed E-state index contributed by atoms with van der Waals surface area (Å²) in [5.74, 6) is -0.480. The van der Waals surface area contributed by atoms with E-state index in [2.05, 4.69) is 10.8 Å². The molecule has 0 radical (unpaired) electrons. The predicted octanol–water partition coefficient (Wildman–Crippen LogP) is 3.94. The Morgan fingerprint density at radius 3 is 2.73 bits per heavy atom. The fourth-order valence-electron chi connectivity index (χ4n) is 2.41. The number of carbonyl (C=O) groups is 1. The van der Waals surface area contributed by atoms with E-state index in [0.29, 0.717) is 16.1 Å². The van der Waals surface area contributed by atoms with E-state index in [-0.39, 0.29) is 0 Å². The van der Waals surface area contributed by atoms with E-state index in [1.165, 1.54) is 7.11 Å². The fraction of sp³-hybridized carbons (Fsp3) is 0.0588. The van der Waals surface area contributed by atoms with Crippen molar-refractivity contribution in [1.82, 2.24) is 4.57 Å². The monoisotopic (exact) mass is 310 g/mol. The Morgan fingerprint density at radius 2 is 2.05 bits per heavy atom. The molecule has 2 aromatic carbocycles. The molecule has 4 nitrogen and oxygen atoms in total. The Balaban J connectivity index is 2.19. The minimum atomic E-state index is -0.480. The van der Waals surface area contributed by atoms with Crippen LogP contribution in [0.1, 0.15) is 15.9 Å². The van der Waals surface area contributed by atoms with E-state index in [0.717, 1.165) is 16.6 Å². The number of ether oxygens (including phenoxy) is 1. The molecule has 0 amide bonds. The van der Waals surface area contributed by atoms with Gasteiger partial charge in [-0.25, -0.2) is 4.79 Å². The summed E-state index contributed by atoms with van der Waals surface area (Å²) in [6.07, 6.45) is 1.76. The van der Waals surface area contributed by atoms with Gasteiger partial charge in [-0.15, -0.1) is 0 Å². The van der Waals surface area contributed by atoms with Gasteiger partial charge in [0.15, 0.2) is 0 Å². The van der Waals surface area contributed by atoms with Crippen LogP contribution in [-0.2, 0) is 4.74 Å².